The number of nitrogens with one attached hydrogen (secondary N) is 1. The van der Waals surface area contributed by atoms with Gasteiger partial charge in [0, 0.05) is 19.0 Å². The number of para-hydroxylation sites is 2. The van der Waals surface area contributed by atoms with E-state index in [1.54, 1.807) is 11.2 Å². The van der Waals surface area contributed by atoms with Gasteiger partial charge in [0.1, 0.15) is 6.04 Å². The summed E-state index contributed by atoms with van der Waals surface area (Å²) in [6.45, 7) is 1.84. The van der Waals surface area contributed by atoms with Crippen molar-refractivity contribution >= 4 is 22.7 Å². The van der Waals surface area contributed by atoms with E-state index in [0.717, 1.165) is 28.1 Å². The molecule has 0 radical (unpaired) electrons. The fourth-order valence-corrected chi connectivity index (χ4v) is 2.94. The van der Waals surface area contributed by atoms with Gasteiger partial charge in [0.15, 0.2) is 0 Å². The third-order valence-electron chi connectivity index (χ3n) is 4.19. The van der Waals surface area contributed by atoms with E-state index in [1.165, 1.54) is 0 Å². The van der Waals surface area contributed by atoms with E-state index in [1.807, 2.05) is 49.5 Å². The molecule has 2 aromatic heterocycles. The standard InChI is InChI=1S/C18H17N5O/c1-2-18(24)23-17(10-15(22-23)13-8-5-9-19-13)16-11-20-12-6-3-4-7-14(12)21-16/h3-9,11,17,19H,2,10H2,1H3. The molecule has 1 amide bonds. The van der Waals surface area contributed by atoms with E-state index < -0.39 is 0 Å². The van der Waals surface area contributed by atoms with Crippen LogP contribution in [0, 0.1) is 0 Å². The lowest BCUT2D eigenvalue weighted by atomic mass is 10.1. The van der Waals surface area contributed by atoms with Gasteiger partial charge in [0.05, 0.1) is 34.3 Å². The largest absolute Gasteiger partial charge is 0.360 e. The Labute approximate surface area is 139 Å². The molecule has 120 valence electrons. The minimum Gasteiger partial charge on any atom is -0.360 e. The minimum atomic E-state index is -0.215. The van der Waals surface area contributed by atoms with Crippen molar-refractivity contribution < 1.29 is 4.79 Å². The number of amides is 1. The summed E-state index contributed by atoms with van der Waals surface area (Å²) in [5.74, 6) is -0.0171. The summed E-state index contributed by atoms with van der Waals surface area (Å²) >= 11 is 0. The third kappa shape index (κ3) is 2.46. The molecule has 3 heterocycles. The van der Waals surface area contributed by atoms with E-state index in [2.05, 4.69) is 15.1 Å². The number of H-pyrrole nitrogens is 1. The molecule has 1 aliphatic rings. The molecular weight excluding hydrogens is 302 g/mol. The van der Waals surface area contributed by atoms with Gasteiger partial charge in [0.2, 0.25) is 5.91 Å². The van der Waals surface area contributed by atoms with E-state index >= 15 is 0 Å². The summed E-state index contributed by atoms with van der Waals surface area (Å²) in [5, 5.41) is 6.09. The van der Waals surface area contributed by atoms with Gasteiger partial charge in [-0.2, -0.15) is 5.10 Å². The van der Waals surface area contributed by atoms with Crippen LogP contribution in [-0.4, -0.2) is 31.6 Å². The fourth-order valence-electron chi connectivity index (χ4n) is 2.94. The van der Waals surface area contributed by atoms with Crippen LogP contribution in [0.5, 0.6) is 0 Å². The van der Waals surface area contributed by atoms with Gasteiger partial charge in [0.25, 0.3) is 0 Å². The Kier molecular flexibility index (Phi) is 3.57. The van der Waals surface area contributed by atoms with Gasteiger partial charge in [-0.1, -0.05) is 19.1 Å². The number of nitrogens with zero attached hydrogens (tertiary/aromatic N) is 4. The summed E-state index contributed by atoms with van der Waals surface area (Å²) in [6.07, 6.45) is 4.63. The highest BCUT2D eigenvalue weighted by Gasteiger charge is 2.33. The van der Waals surface area contributed by atoms with Crippen molar-refractivity contribution in [3.8, 4) is 0 Å². The number of aromatic nitrogens is 3. The van der Waals surface area contributed by atoms with Crippen molar-refractivity contribution in [2.45, 2.75) is 25.8 Å². The zero-order valence-corrected chi connectivity index (χ0v) is 13.3. The molecule has 1 unspecified atom stereocenters. The maximum absolute atomic E-state index is 12.3. The molecule has 1 N–H and O–H groups in total. The molecule has 0 bridgehead atoms. The maximum atomic E-state index is 12.3. The van der Waals surface area contributed by atoms with Gasteiger partial charge in [-0.25, -0.2) is 9.99 Å². The van der Waals surface area contributed by atoms with E-state index in [4.69, 9.17) is 4.98 Å². The number of fused-ring (bicyclic) bond motifs is 1. The van der Waals surface area contributed by atoms with Crippen molar-refractivity contribution in [3.05, 3.63) is 60.2 Å². The highest BCUT2D eigenvalue weighted by atomic mass is 16.2. The summed E-state index contributed by atoms with van der Waals surface area (Å²) in [5.41, 5.74) is 4.23. The van der Waals surface area contributed by atoms with Crippen molar-refractivity contribution in [2.24, 2.45) is 5.10 Å². The number of hydrogen-bond acceptors (Lipinski definition) is 4. The van der Waals surface area contributed by atoms with E-state index in [0.29, 0.717) is 12.8 Å². The molecule has 0 saturated heterocycles. The van der Waals surface area contributed by atoms with Crippen LogP contribution in [-0.2, 0) is 4.79 Å². The quantitative estimate of drug-likeness (QED) is 0.806. The van der Waals surface area contributed by atoms with Crippen LogP contribution in [0.3, 0.4) is 0 Å². The lowest BCUT2D eigenvalue weighted by Crippen LogP contribution is -2.26. The van der Waals surface area contributed by atoms with E-state index in [-0.39, 0.29) is 11.9 Å². The first-order valence-electron chi connectivity index (χ1n) is 8.01. The number of carbonyl (C=O) groups is 1. The average molecular weight is 319 g/mol. The molecule has 0 fully saturated rings. The van der Waals surface area contributed by atoms with Crippen molar-refractivity contribution in [1.29, 1.82) is 0 Å². The summed E-state index contributed by atoms with van der Waals surface area (Å²) < 4.78 is 0. The normalized spacial score (nSPS) is 17.3. The third-order valence-corrected chi connectivity index (χ3v) is 4.19. The van der Waals surface area contributed by atoms with Crippen molar-refractivity contribution in [1.82, 2.24) is 20.0 Å². The number of benzene rings is 1. The minimum absolute atomic E-state index is 0.0171. The molecule has 0 spiro atoms. The van der Waals surface area contributed by atoms with Gasteiger partial charge in [-0.05, 0) is 24.3 Å². The number of hydrogen-bond donors (Lipinski definition) is 1. The predicted molar refractivity (Wildman–Crippen MR) is 91.4 cm³/mol. The molecule has 0 aliphatic carbocycles. The molecule has 6 nitrogen and oxygen atoms in total. The van der Waals surface area contributed by atoms with Crippen LogP contribution >= 0.6 is 0 Å². The van der Waals surface area contributed by atoms with Crippen LogP contribution < -0.4 is 0 Å². The topological polar surface area (TPSA) is 74.2 Å². The van der Waals surface area contributed by atoms with Crippen LogP contribution in [0.2, 0.25) is 0 Å². The molecule has 4 rings (SSSR count). The number of aromatic amines is 1. The van der Waals surface area contributed by atoms with E-state index in [9.17, 15) is 4.79 Å². The van der Waals surface area contributed by atoms with Gasteiger partial charge >= 0.3 is 0 Å². The Balaban J connectivity index is 1.73. The smallest absolute Gasteiger partial charge is 0.243 e. The second-order valence-electron chi connectivity index (χ2n) is 5.73. The number of carbonyl (C=O) groups excluding carboxylic acids is 1. The summed E-state index contributed by atoms with van der Waals surface area (Å²) in [7, 11) is 0. The lowest BCUT2D eigenvalue weighted by molar-refractivity contribution is -0.132. The first-order chi connectivity index (χ1) is 11.8. The molecule has 6 heteroatoms. The highest BCUT2D eigenvalue weighted by Crippen LogP contribution is 2.32. The Bertz CT molecular complexity index is 916. The van der Waals surface area contributed by atoms with Gasteiger partial charge < -0.3 is 4.98 Å². The predicted octanol–water partition coefficient (Wildman–Crippen LogP) is 3.05. The second-order valence-corrected chi connectivity index (χ2v) is 5.73. The first-order valence-corrected chi connectivity index (χ1v) is 8.01. The molecule has 24 heavy (non-hydrogen) atoms. The Morgan fingerprint density at radius 3 is 2.83 bits per heavy atom. The number of rotatable bonds is 3. The molecule has 1 aliphatic heterocycles. The SMILES string of the molecule is CCC(=O)N1N=C(c2ccc[nH]2)CC1c1cnc2ccccc2n1. The molecule has 1 aromatic carbocycles. The van der Waals surface area contributed by atoms with Crippen molar-refractivity contribution in [3.63, 3.8) is 0 Å². The van der Waals surface area contributed by atoms with Crippen LogP contribution in [0.25, 0.3) is 11.0 Å². The zero-order valence-electron chi connectivity index (χ0n) is 13.3. The van der Waals surface area contributed by atoms with Crippen LogP contribution in [0.15, 0.2) is 53.9 Å². The van der Waals surface area contributed by atoms with Crippen molar-refractivity contribution in [2.75, 3.05) is 0 Å². The van der Waals surface area contributed by atoms with Crippen LogP contribution in [0.1, 0.15) is 37.2 Å². The fraction of sp³-hybridized carbons (Fsp3) is 0.222. The monoisotopic (exact) mass is 319 g/mol. The lowest BCUT2D eigenvalue weighted by Gasteiger charge is -2.20. The van der Waals surface area contributed by atoms with Gasteiger partial charge in [-0.15, -0.1) is 0 Å². The number of hydrazone groups is 1. The average Bonchev–Trinajstić information content (AvgIpc) is 3.30. The van der Waals surface area contributed by atoms with Crippen LogP contribution in [0.4, 0.5) is 0 Å². The molecule has 3 aromatic rings. The highest BCUT2D eigenvalue weighted by molar-refractivity contribution is 6.01. The summed E-state index contributed by atoms with van der Waals surface area (Å²) in [6, 6.07) is 11.4. The van der Waals surface area contributed by atoms with Gasteiger partial charge in [-0.3, -0.25) is 9.78 Å². The summed E-state index contributed by atoms with van der Waals surface area (Å²) in [4.78, 5) is 24.7. The Morgan fingerprint density at radius 2 is 2.08 bits per heavy atom. The Morgan fingerprint density at radius 1 is 1.25 bits per heavy atom. The molecule has 0 saturated carbocycles. The second kappa shape index (κ2) is 5.88. The maximum Gasteiger partial charge on any atom is 0.243 e. The molecule has 1 atom stereocenters. The molecular formula is C18H17N5O. The Hall–Kier alpha value is -3.02. The zero-order chi connectivity index (χ0) is 16.5. The first kappa shape index (κ1) is 14.6.